The second-order valence-corrected chi connectivity index (χ2v) is 7.26. The normalized spacial score (nSPS) is 13.3. The molecule has 146 valence electrons. The summed E-state index contributed by atoms with van der Waals surface area (Å²) in [4.78, 5) is 27.6. The monoisotopic (exact) mass is 376 g/mol. The van der Waals surface area contributed by atoms with Gasteiger partial charge in [-0.1, -0.05) is 67.9 Å². The maximum Gasteiger partial charge on any atom is 0.260 e. The number of hydrogen-bond donors (Lipinski definition) is 1. The van der Waals surface area contributed by atoms with Crippen LogP contribution in [0, 0.1) is 0 Å². The number of nitrogens with one attached hydrogen (secondary N) is 1. The van der Waals surface area contributed by atoms with Gasteiger partial charge in [-0.2, -0.15) is 0 Å². The molecule has 4 heteroatoms. The molecule has 3 rings (SSSR count). The van der Waals surface area contributed by atoms with Crippen LogP contribution in [-0.2, 0) is 22.6 Å². The van der Waals surface area contributed by atoms with Gasteiger partial charge in [0.05, 0.1) is 5.57 Å². The third kappa shape index (κ3) is 4.69. The molecule has 0 unspecified atom stereocenters. The molecule has 0 radical (unpaired) electrons. The summed E-state index contributed by atoms with van der Waals surface area (Å²) in [6, 6.07) is 17.8. The number of benzene rings is 2. The summed E-state index contributed by atoms with van der Waals surface area (Å²) in [7, 11) is 0. The molecule has 0 spiro atoms. The van der Waals surface area contributed by atoms with E-state index in [-0.39, 0.29) is 11.8 Å². The van der Waals surface area contributed by atoms with Gasteiger partial charge < -0.3 is 4.90 Å². The van der Waals surface area contributed by atoms with E-state index in [4.69, 9.17) is 0 Å². The van der Waals surface area contributed by atoms with E-state index in [1.165, 1.54) is 0 Å². The van der Waals surface area contributed by atoms with Crippen molar-refractivity contribution in [2.75, 3.05) is 6.54 Å². The Morgan fingerprint density at radius 3 is 2.50 bits per heavy atom. The zero-order valence-electron chi connectivity index (χ0n) is 16.7. The Labute approximate surface area is 167 Å². The molecule has 0 saturated heterocycles. The summed E-state index contributed by atoms with van der Waals surface area (Å²) in [6.45, 7) is 5.86. The number of unbranched alkanes of at least 4 members (excludes halogenated alkanes) is 1. The van der Waals surface area contributed by atoms with Crippen LogP contribution in [0.5, 0.6) is 0 Å². The van der Waals surface area contributed by atoms with E-state index < -0.39 is 0 Å². The maximum absolute atomic E-state index is 13.0. The molecule has 0 fully saturated rings. The fourth-order valence-corrected chi connectivity index (χ4v) is 3.62. The topological polar surface area (TPSA) is 49.4 Å². The van der Waals surface area contributed by atoms with Gasteiger partial charge in [0.25, 0.3) is 5.91 Å². The van der Waals surface area contributed by atoms with Crippen molar-refractivity contribution in [1.82, 2.24) is 10.2 Å². The van der Waals surface area contributed by atoms with E-state index in [0.29, 0.717) is 18.4 Å². The molecule has 4 nitrogen and oxygen atoms in total. The van der Waals surface area contributed by atoms with E-state index in [9.17, 15) is 9.59 Å². The van der Waals surface area contributed by atoms with Gasteiger partial charge in [-0.25, -0.2) is 0 Å². The molecule has 0 saturated carbocycles. The molecule has 1 aliphatic heterocycles. The first-order chi connectivity index (χ1) is 13.6. The van der Waals surface area contributed by atoms with E-state index in [1.807, 2.05) is 55.5 Å². The van der Waals surface area contributed by atoms with Gasteiger partial charge in [-0.05, 0) is 36.5 Å². The molecule has 1 aliphatic rings. The number of rotatable bonds is 7. The first-order valence-electron chi connectivity index (χ1n) is 10.0. The largest absolute Gasteiger partial charge is 0.370 e. The van der Waals surface area contributed by atoms with Crippen LogP contribution in [-0.4, -0.2) is 23.3 Å². The molecule has 0 aliphatic carbocycles. The van der Waals surface area contributed by atoms with Crippen molar-refractivity contribution in [3.05, 3.63) is 77.0 Å². The molecule has 2 aromatic rings. The Hall–Kier alpha value is -2.88. The smallest absolute Gasteiger partial charge is 0.260 e. The van der Waals surface area contributed by atoms with Gasteiger partial charge in [-0.15, -0.1) is 0 Å². The molecule has 0 bridgehead atoms. The van der Waals surface area contributed by atoms with Gasteiger partial charge in [0, 0.05) is 25.2 Å². The predicted octanol–water partition coefficient (Wildman–Crippen LogP) is 4.31. The van der Waals surface area contributed by atoms with Crippen molar-refractivity contribution in [1.29, 1.82) is 0 Å². The van der Waals surface area contributed by atoms with Crippen LogP contribution in [0.2, 0.25) is 0 Å². The van der Waals surface area contributed by atoms with E-state index in [0.717, 1.165) is 48.3 Å². The van der Waals surface area contributed by atoms with Crippen LogP contribution in [0.1, 0.15) is 49.8 Å². The summed E-state index contributed by atoms with van der Waals surface area (Å²) in [6.07, 6.45) is 3.09. The van der Waals surface area contributed by atoms with Crippen LogP contribution < -0.4 is 5.32 Å². The quantitative estimate of drug-likeness (QED) is 0.783. The van der Waals surface area contributed by atoms with Crippen LogP contribution in [0.4, 0.5) is 0 Å². The van der Waals surface area contributed by atoms with Crippen molar-refractivity contribution >= 4 is 17.4 Å². The standard InChI is InChI=1S/C24H28N2O2/c1-3-4-16-26-17-20-12-8-9-13-21(20)23(18(26)2)24(28)25-22(27)15-14-19-10-6-5-7-11-19/h5-13H,3-4,14-17H2,1-2H3,(H,25,27,28). The first kappa shape index (κ1) is 19.9. The highest BCUT2D eigenvalue weighted by Crippen LogP contribution is 2.31. The lowest BCUT2D eigenvalue weighted by Gasteiger charge is -2.33. The fourth-order valence-electron chi connectivity index (χ4n) is 3.62. The number of fused-ring (bicyclic) bond motifs is 1. The lowest BCUT2D eigenvalue weighted by Crippen LogP contribution is -2.36. The van der Waals surface area contributed by atoms with Gasteiger partial charge in [0.2, 0.25) is 5.91 Å². The summed E-state index contributed by atoms with van der Waals surface area (Å²) in [5.74, 6) is -0.540. The lowest BCUT2D eigenvalue weighted by molar-refractivity contribution is -0.127. The number of carbonyl (C=O) groups is 2. The molecule has 2 amide bonds. The van der Waals surface area contributed by atoms with Gasteiger partial charge in [-0.3, -0.25) is 14.9 Å². The number of aryl methyl sites for hydroxylation is 1. The molecular formula is C24H28N2O2. The summed E-state index contributed by atoms with van der Waals surface area (Å²) < 4.78 is 0. The Bertz CT molecular complexity index is 871. The molecule has 28 heavy (non-hydrogen) atoms. The summed E-state index contributed by atoms with van der Waals surface area (Å²) in [5.41, 5.74) is 4.72. The molecule has 2 aromatic carbocycles. The molecule has 1 N–H and O–H groups in total. The number of carbonyl (C=O) groups excluding carboxylic acids is 2. The Morgan fingerprint density at radius 1 is 1.04 bits per heavy atom. The molecule has 1 heterocycles. The summed E-state index contributed by atoms with van der Waals surface area (Å²) in [5, 5.41) is 2.61. The minimum atomic E-state index is -0.302. The van der Waals surface area contributed by atoms with Gasteiger partial charge in [0.1, 0.15) is 0 Å². The Morgan fingerprint density at radius 2 is 1.75 bits per heavy atom. The van der Waals surface area contributed by atoms with Crippen molar-refractivity contribution in [2.24, 2.45) is 0 Å². The number of allylic oxidation sites excluding steroid dienone is 1. The maximum atomic E-state index is 13.0. The highest BCUT2D eigenvalue weighted by Gasteiger charge is 2.27. The van der Waals surface area contributed by atoms with E-state index in [2.05, 4.69) is 23.2 Å². The number of imide groups is 1. The third-order valence-electron chi connectivity index (χ3n) is 5.23. The number of amides is 2. The number of hydrogen-bond acceptors (Lipinski definition) is 3. The molecule has 0 aromatic heterocycles. The second-order valence-electron chi connectivity index (χ2n) is 7.26. The highest BCUT2D eigenvalue weighted by atomic mass is 16.2. The summed E-state index contributed by atoms with van der Waals surface area (Å²) >= 11 is 0. The highest BCUT2D eigenvalue weighted by molar-refractivity contribution is 6.24. The SMILES string of the molecule is CCCCN1Cc2ccccc2C(C(=O)NC(=O)CCc2ccccc2)=C1C. The van der Waals surface area contributed by atoms with Gasteiger partial charge >= 0.3 is 0 Å². The van der Waals surface area contributed by atoms with Crippen LogP contribution in [0.25, 0.3) is 5.57 Å². The first-order valence-corrected chi connectivity index (χ1v) is 10.0. The van der Waals surface area contributed by atoms with E-state index >= 15 is 0 Å². The number of nitrogens with zero attached hydrogens (tertiary/aromatic N) is 1. The van der Waals surface area contributed by atoms with Crippen molar-refractivity contribution in [2.45, 2.75) is 46.1 Å². The average molecular weight is 377 g/mol. The van der Waals surface area contributed by atoms with Crippen molar-refractivity contribution < 1.29 is 9.59 Å². The third-order valence-corrected chi connectivity index (χ3v) is 5.23. The molecular weight excluding hydrogens is 348 g/mol. The van der Waals surface area contributed by atoms with E-state index in [1.54, 1.807) is 0 Å². The van der Waals surface area contributed by atoms with Crippen LogP contribution >= 0.6 is 0 Å². The zero-order chi connectivity index (χ0) is 19.9. The molecule has 0 atom stereocenters. The Balaban J connectivity index is 1.74. The Kier molecular flexibility index (Phi) is 6.64. The van der Waals surface area contributed by atoms with Crippen molar-refractivity contribution in [3.63, 3.8) is 0 Å². The minimum absolute atomic E-state index is 0.239. The zero-order valence-corrected chi connectivity index (χ0v) is 16.7. The van der Waals surface area contributed by atoms with Crippen molar-refractivity contribution in [3.8, 4) is 0 Å². The fraction of sp³-hybridized carbons (Fsp3) is 0.333. The predicted molar refractivity (Wildman–Crippen MR) is 112 cm³/mol. The van der Waals surface area contributed by atoms with Crippen LogP contribution in [0.15, 0.2) is 60.3 Å². The average Bonchev–Trinajstić information content (AvgIpc) is 2.71. The lowest BCUT2D eigenvalue weighted by atomic mass is 9.92. The minimum Gasteiger partial charge on any atom is -0.370 e. The second kappa shape index (κ2) is 9.36. The van der Waals surface area contributed by atoms with Crippen LogP contribution in [0.3, 0.4) is 0 Å². The van der Waals surface area contributed by atoms with Gasteiger partial charge in [0.15, 0.2) is 0 Å².